The molecule has 0 unspecified atom stereocenters. The number of amides is 1. The average Bonchev–Trinajstić information content (AvgIpc) is 2.78. The number of nitrogens with one attached hydrogen (secondary N) is 1. The number of methoxy groups -OCH3 is 1. The van der Waals surface area contributed by atoms with Crippen LogP contribution in [0.2, 0.25) is 0 Å². The first-order chi connectivity index (χ1) is 15.1. The third-order valence-corrected chi connectivity index (χ3v) is 7.53. The van der Waals surface area contributed by atoms with Crippen molar-refractivity contribution in [3.63, 3.8) is 0 Å². The summed E-state index contributed by atoms with van der Waals surface area (Å²) < 4.78 is 32.7. The molecule has 2 N–H and O–H groups in total. The van der Waals surface area contributed by atoms with Crippen molar-refractivity contribution in [1.82, 2.24) is 9.62 Å². The standard InChI is InChI=1S/C23H36N2O6S/c1-18(2)12-14-23(22(27)28,21(26)25-16-5-4-6-17-25)13-7-15-24-32(29,30)20-10-8-19(31-3)9-11-20/h8-11,18,24H,4-7,12-17H2,1-3H3,(H,27,28)/t23-/m1/s1. The number of carbonyl (C=O) groups excluding carboxylic acids is 1. The molecule has 0 radical (unpaired) electrons. The lowest BCUT2D eigenvalue weighted by Gasteiger charge is -2.36. The molecule has 180 valence electrons. The molecule has 8 nitrogen and oxygen atoms in total. The number of likely N-dealkylation sites (tertiary alicyclic amines) is 1. The van der Waals surface area contributed by atoms with Gasteiger partial charge in [-0.25, -0.2) is 13.1 Å². The topological polar surface area (TPSA) is 113 Å². The molecule has 0 aromatic heterocycles. The molecule has 1 amide bonds. The monoisotopic (exact) mass is 468 g/mol. The van der Waals surface area contributed by atoms with Gasteiger partial charge in [0.05, 0.1) is 12.0 Å². The lowest BCUT2D eigenvalue weighted by molar-refractivity contribution is -0.163. The molecule has 1 heterocycles. The Kier molecular flexibility index (Phi) is 9.51. The fourth-order valence-corrected chi connectivity index (χ4v) is 5.09. The highest BCUT2D eigenvalue weighted by Crippen LogP contribution is 2.35. The van der Waals surface area contributed by atoms with Crippen molar-refractivity contribution in [2.45, 2.75) is 63.7 Å². The van der Waals surface area contributed by atoms with Crippen LogP contribution >= 0.6 is 0 Å². The van der Waals surface area contributed by atoms with Gasteiger partial charge in [-0.1, -0.05) is 13.8 Å². The number of nitrogens with zero attached hydrogens (tertiary/aromatic N) is 1. The number of ether oxygens (including phenoxy) is 1. The van der Waals surface area contributed by atoms with Crippen molar-refractivity contribution < 1.29 is 27.9 Å². The van der Waals surface area contributed by atoms with Crippen LogP contribution in [0.5, 0.6) is 5.75 Å². The Bertz CT molecular complexity index is 863. The predicted octanol–water partition coefficient (Wildman–Crippen LogP) is 3.27. The van der Waals surface area contributed by atoms with Gasteiger partial charge in [-0.05, 0) is 75.1 Å². The van der Waals surface area contributed by atoms with E-state index in [-0.39, 0.29) is 42.5 Å². The zero-order chi connectivity index (χ0) is 23.8. The Morgan fingerprint density at radius 2 is 1.75 bits per heavy atom. The van der Waals surface area contributed by atoms with Gasteiger partial charge in [0.15, 0.2) is 0 Å². The molecule has 32 heavy (non-hydrogen) atoms. The van der Waals surface area contributed by atoms with E-state index in [9.17, 15) is 23.1 Å². The molecular formula is C23H36N2O6S. The van der Waals surface area contributed by atoms with Gasteiger partial charge in [0, 0.05) is 19.6 Å². The Morgan fingerprint density at radius 3 is 2.28 bits per heavy atom. The largest absolute Gasteiger partial charge is 0.497 e. The molecule has 2 rings (SSSR count). The van der Waals surface area contributed by atoms with E-state index in [1.165, 1.54) is 19.2 Å². The lowest BCUT2D eigenvalue weighted by atomic mass is 9.76. The molecule has 1 aromatic rings. The quantitative estimate of drug-likeness (QED) is 0.360. The van der Waals surface area contributed by atoms with Crippen LogP contribution in [0.1, 0.15) is 58.8 Å². The van der Waals surface area contributed by atoms with Crippen LogP contribution < -0.4 is 9.46 Å². The molecule has 1 fully saturated rings. The zero-order valence-corrected chi connectivity index (χ0v) is 20.1. The number of rotatable bonds is 12. The van der Waals surface area contributed by atoms with E-state index in [1.807, 2.05) is 13.8 Å². The summed E-state index contributed by atoms with van der Waals surface area (Å²) in [4.78, 5) is 27.5. The van der Waals surface area contributed by atoms with Crippen molar-refractivity contribution in [3.8, 4) is 5.75 Å². The molecule has 1 aromatic carbocycles. The molecule has 1 saturated heterocycles. The highest BCUT2D eigenvalue weighted by molar-refractivity contribution is 7.89. The zero-order valence-electron chi connectivity index (χ0n) is 19.3. The number of benzene rings is 1. The molecule has 9 heteroatoms. The number of hydrogen-bond acceptors (Lipinski definition) is 5. The van der Waals surface area contributed by atoms with Crippen LogP contribution in [0.25, 0.3) is 0 Å². The molecule has 0 aliphatic carbocycles. The van der Waals surface area contributed by atoms with Gasteiger partial charge >= 0.3 is 5.97 Å². The van der Waals surface area contributed by atoms with Crippen LogP contribution in [0.15, 0.2) is 29.2 Å². The molecule has 0 saturated carbocycles. The van der Waals surface area contributed by atoms with Crippen LogP contribution in [-0.2, 0) is 19.6 Å². The third kappa shape index (κ3) is 6.68. The van der Waals surface area contributed by atoms with E-state index in [1.54, 1.807) is 17.0 Å². The number of carboxylic acids is 1. The highest BCUT2D eigenvalue weighted by Gasteiger charge is 2.47. The number of hydrogen-bond donors (Lipinski definition) is 2. The Hall–Kier alpha value is -2.13. The maximum Gasteiger partial charge on any atom is 0.319 e. The van der Waals surface area contributed by atoms with E-state index < -0.39 is 21.4 Å². The minimum Gasteiger partial charge on any atom is -0.497 e. The maximum absolute atomic E-state index is 13.3. The van der Waals surface area contributed by atoms with Crippen LogP contribution in [-0.4, -0.2) is 57.0 Å². The second kappa shape index (κ2) is 11.7. The molecule has 1 aliphatic rings. The van der Waals surface area contributed by atoms with Gasteiger partial charge in [0.2, 0.25) is 15.9 Å². The summed E-state index contributed by atoms with van der Waals surface area (Å²) >= 11 is 0. The second-order valence-corrected chi connectivity index (χ2v) is 10.6. The van der Waals surface area contributed by atoms with Gasteiger partial charge < -0.3 is 14.7 Å². The van der Waals surface area contributed by atoms with Crippen LogP contribution in [0, 0.1) is 11.3 Å². The fraction of sp³-hybridized carbons (Fsp3) is 0.652. The van der Waals surface area contributed by atoms with Crippen LogP contribution in [0.4, 0.5) is 0 Å². The van der Waals surface area contributed by atoms with E-state index in [0.29, 0.717) is 25.3 Å². The van der Waals surface area contributed by atoms with E-state index >= 15 is 0 Å². The predicted molar refractivity (Wildman–Crippen MR) is 122 cm³/mol. The average molecular weight is 469 g/mol. The first-order valence-electron chi connectivity index (χ1n) is 11.3. The number of sulfonamides is 1. The highest BCUT2D eigenvalue weighted by atomic mass is 32.2. The summed E-state index contributed by atoms with van der Waals surface area (Å²) in [6, 6.07) is 6.02. The summed E-state index contributed by atoms with van der Waals surface area (Å²) in [5.74, 6) is -0.636. The summed E-state index contributed by atoms with van der Waals surface area (Å²) in [7, 11) is -2.24. The fourth-order valence-electron chi connectivity index (χ4n) is 4.01. The van der Waals surface area contributed by atoms with Crippen molar-refractivity contribution in [3.05, 3.63) is 24.3 Å². The minimum atomic E-state index is -3.74. The number of piperidine rings is 1. The molecule has 1 atom stereocenters. The Labute approximate surface area is 191 Å². The first kappa shape index (κ1) is 26.1. The van der Waals surface area contributed by atoms with Crippen molar-refractivity contribution in [2.75, 3.05) is 26.7 Å². The summed E-state index contributed by atoms with van der Waals surface area (Å²) in [6.45, 7) is 5.22. The van der Waals surface area contributed by atoms with E-state index in [0.717, 1.165) is 19.3 Å². The van der Waals surface area contributed by atoms with Gasteiger partial charge in [0.1, 0.15) is 11.2 Å². The van der Waals surface area contributed by atoms with Crippen molar-refractivity contribution >= 4 is 21.9 Å². The smallest absolute Gasteiger partial charge is 0.319 e. The lowest BCUT2D eigenvalue weighted by Crippen LogP contribution is -2.50. The van der Waals surface area contributed by atoms with E-state index in [4.69, 9.17) is 4.74 Å². The van der Waals surface area contributed by atoms with Gasteiger partial charge in [-0.15, -0.1) is 0 Å². The number of carboxylic acid groups (broad SMARTS) is 1. The molecular weight excluding hydrogens is 432 g/mol. The summed E-state index contributed by atoms with van der Waals surface area (Å²) in [6.07, 6.45) is 4.02. The van der Waals surface area contributed by atoms with E-state index in [2.05, 4.69) is 4.72 Å². The Balaban J connectivity index is 2.09. The Morgan fingerprint density at radius 1 is 1.12 bits per heavy atom. The molecule has 0 spiro atoms. The van der Waals surface area contributed by atoms with Crippen molar-refractivity contribution in [1.29, 1.82) is 0 Å². The van der Waals surface area contributed by atoms with Crippen LogP contribution in [0.3, 0.4) is 0 Å². The number of aliphatic carboxylic acids is 1. The maximum atomic E-state index is 13.3. The first-order valence-corrected chi connectivity index (χ1v) is 12.8. The summed E-state index contributed by atoms with van der Waals surface area (Å²) in [5, 5.41) is 10.1. The van der Waals surface area contributed by atoms with Gasteiger partial charge in [-0.2, -0.15) is 0 Å². The summed E-state index contributed by atoms with van der Waals surface area (Å²) in [5.41, 5.74) is -1.52. The molecule has 0 bridgehead atoms. The normalized spacial score (nSPS) is 16.6. The van der Waals surface area contributed by atoms with Crippen molar-refractivity contribution in [2.24, 2.45) is 11.3 Å². The SMILES string of the molecule is COc1ccc(S(=O)(=O)NCCC[C@](CCC(C)C)(C(=O)O)C(=O)N2CCCCC2)cc1. The molecule has 1 aliphatic heterocycles. The minimum absolute atomic E-state index is 0.0539. The van der Waals surface area contributed by atoms with Gasteiger partial charge in [-0.3, -0.25) is 9.59 Å². The second-order valence-electron chi connectivity index (χ2n) is 8.85. The van der Waals surface area contributed by atoms with Gasteiger partial charge in [0.25, 0.3) is 0 Å². The third-order valence-electron chi connectivity index (χ3n) is 6.05. The number of carbonyl (C=O) groups is 2.